The molecule has 0 bridgehead atoms. The van der Waals surface area contributed by atoms with Crippen molar-refractivity contribution in [1.82, 2.24) is 5.16 Å². The Kier molecular flexibility index (Phi) is 4.26. The largest absolute Gasteiger partial charge is 0.507 e. The van der Waals surface area contributed by atoms with Gasteiger partial charge in [-0.25, -0.2) is 9.59 Å². The summed E-state index contributed by atoms with van der Waals surface area (Å²) in [4.78, 5) is 22.7. The first-order chi connectivity index (χ1) is 10.7. The van der Waals surface area contributed by atoms with Gasteiger partial charge in [0.1, 0.15) is 16.9 Å². The van der Waals surface area contributed by atoms with E-state index in [1.54, 1.807) is 20.8 Å². The van der Waals surface area contributed by atoms with Crippen molar-refractivity contribution in [2.75, 3.05) is 5.32 Å². The second-order valence-corrected chi connectivity index (χ2v) is 5.73. The highest BCUT2D eigenvalue weighted by Gasteiger charge is 2.21. The highest BCUT2D eigenvalue weighted by molar-refractivity contribution is 5.95. The molecule has 0 saturated carbocycles. The van der Waals surface area contributed by atoms with Crippen LogP contribution < -0.4 is 5.32 Å². The third kappa shape index (κ3) is 4.00. The minimum atomic E-state index is -1.23. The van der Waals surface area contributed by atoms with Crippen molar-refractivity contribution < 1.29 is 29.1 Å². The molecule has 1 heterocycles. The summed E-state index contributed by atoms with van der Waals surface area (Å²) >= 11 is 0. The van der Waals surface area contributed by atoms with Crippen LogP contribution in [0.15, 0.2) is 28.9 Å². The number of anilines is 1. The Labute approximate surface area is 131 Å². The summed E-state index contributed by atoms with van der Waals surface area (Å²) in [5, 5.41) is 25.0. The van der Waals surface area contributed by atoms with E-state index in [2.05, 4.69) is 10.5 Å². The molecule has 122 valence electrons. The fourth-order valence-electron chi connectivity index (χ4n) is 1.81. The Morgan fingerprint density at radius 3 is 2.57 bits per heavy atom. The number of carboxylic acids is 1. The van der Waals surface area contributed by atoms with Crippen molar-refractivity contribution in [2.24, 2.45) is 0 Å². The van der Waals surface area contributed by atoms with Crippen LogP contribution in [0.4, 0.5) is 10.5 Å². The molecule has 1 aromatic heterocycles. The van der Waals surface area contributed by atoms with Crippen LogP contribution in [0.3, 0.4) is 0 Å². The van der Waals surface area contributed by atoms with E-state index in [1.807, 2.05) is 0 Å². The zero-order valence-corrected chi connectivity index (χ0v) is 12.8. The van der Waals surface area contributed by atoms with Crippen LogP contribution in [0.1, 0.15) is 31.1 Å². The van der Waals surface area contributed by atoms with Gasteiger partial charge in [0.05, 0.1) is 11.8 Å². The van der Waals surface area contributed by atoms with Gasteiger partial charge in [0, 0.05) is 11.8 Å². The minimum absolute atomic E-state index is 0.0705. The zero-order chi connectivity index (χ0) is 17.2. The van der Waals surface area contributed by atoms with E-state index < -0.39 is 17.7 Å². The highest BCUT2D eigenvalue weighted by atomic mass is 16.6. The first kappa shape index (κ1) is 16.3. The van der Waals surface area contributed by atoms with Crippen LogP contribution in [0, 0.1) is 0 Å². The van der Waals surface area contributed by atoms with Gasteiger partial charge in [-0.05, 0) is 32.9 Å². The number of aromatic nitrogens is 1. The molecule has 8 nitrogen and oxygen atoms in total. The third-order valence-electron chi connectivity index (χ3n) is 2.69. The van der Waals surface area contributed by atoms with E-state index in [0.29, 0.717) is 0 Å². The van der Waals surface area contributed by atoms with Gasteiger partial charge in [0.15, 0.2) is 5.76 Å². The van der Waals surface area contributed by atoms with E-state index in [0.717, 1.165) is 6.20 Å². The lowest BCUT2D eigenvalue weighted by molar-refractivity contribution is 0.0634. The van der Waals surface area contributed by atoms with E-state index in [1.165, 1.54) is 18.2 Å². The standard InChI is InChI=1S/C15H16N2O6/c1-15(2,3)22-14(21)17-8-4-5-9(11(18)6-8)12-10(13(19)20)7-16-23-12/h4-7,18H,1-3H3,(H,17,21)(H,19,20). The smallest absolute Gasteiger partial charge is 0.412 e. The monoisotopic (exact) mass is 320 g/mol. The number of rotatable bonds is 3. The second-order valence-electron chi connectivity index (χ2n) is 5.73. The van der Waals surface area contributed by atoms with Crippen LogP contribution in [-0.2, 0) is 4.74 Å². The van der Waals surface area contributed by atoms with Crippen molar-refractivity contribution >= 4 is 17.7 Å². The molecule has 23 heavy (non-hydrogen) atoms. The number of benzene rings is 1. The molecule has 0 unspecified atom stereocenters. The fraction of sp³-hybridized carbons (Fsp3) is 0.267. The lowest BCUT2D eigenvalue weighted by atomic mass is 10.1. The SMILES string of the molecule is CC(C)(C)OC(=O)Nc1ccc(-c2oncc2C(=O)O)c(O)c1. The van der Waals surface area contributed by atoms with Crippen molar-refractivity contribution in [2.45, 2.75) is 26.4 Å². The number of ether oxygens (including phenoxy) is 1. The van der Waals surface area contributed by atoms with E-state index >= 15 is 0 Å². The third-order valence-corrected chi connectivity index (χ3v) is 2.69. The number of aromatic hydroxyl groups is 1. The number of hydrogen-bond acceptors (Lipinski definition) is 6. The predicted octanol–water partition coefficient (Wildman–Crippen LogP) is 3.09. The Morgan fingerprint density at radius 1 is 1.30 bits per heavy atom. The number of amides is 1. The minimum Gasteiger partial charge on any atom is -0.507 e. The number of hydrogen-bond donors (Lipinski definition) is 3. The van der Waals surface area contributed by atoms with Crippen molar-refractivity contribution in [1.29, 1.82) is 0 Å². The quantitative estimate of drug-likeness (QED) is 0.794. The van der Waals surface area contributed by atoms with Gasteiger partial charge < -0.3 is 19.5 Å². The Balaban J connectivity index is 2.23. The highest BCUT2D eigenvalue weighted by Crippen LogP contribution is 2.33. The van der Waals surface area contributed by atoms with Crippen LogP contribution in [0.2, 0.25) is 0 Å². The summed E-state index contributed by atoms with van der Waals surface area (Å²) in [5.41, 5.74) is -0.387. The lowest BCUT2D eigenvalue weighted by Gasteiger charge is -2.19. The van der Waals surface area contributed by atoms with Crippen LogP contribution >= 0.6 is 0 Å². The molecule has 2 aromatic rings. The van der Waals surface area contributed by atoms with Crippen LogP contribution in [0.5, 0.6) is 5.75 Å². The van der Waals surface area contributed by atoms with E-state index in [4.69, 9.17) is 14.4 Å². The van der Waals surface area contributed by atoms with E-state index in [-0.39, 0.29) is 28.3 Å². The molecule has 0 saturated heterocycles. The summed E-state index contributed by atoms with van der Waals surface area (Å²) < 4.78 is 9.97. The molecule has 0 aliphatic rings. The van der Waals surface area contributed by atoms with Gasteiger partial charge in [0.25, 0.3) is 0 Å². The molecule has 8 heteroatoms. The average Bonchev–Trinajstić information content (AvgIpc) is 2.85. The molecular formula is C15H16N2O6. The number of aromatic carboxylic acids is 1. The van der Waals surface area contributed by atoms with Gasteiger partial charge in [-0.2, -0.15) is 0 Å². The number of carboxylic acid groups (broad SMARTS) is 1. The second kappa shape index (κ2) is 5.99. The number of nitrogens with zero attached hydrogens (tertiary/aromatic N) is 1. The molecule has 0 aliphatic carbocycles. The summed E-state index contributed by atoms with van der Waals surface area (Å²) in [6.07, 6.45) is 0.375. The van der Waals surface area contributed by atoms with Crippen molar-refractivity contribution in [3.63, 3.8) is 0 Å². The molecule has 1 aromatic carbocycles. The lowest BCUT2D eigenvalue weighted by Crippen LogP contribution is -2.27. The zero-order valence-electron chi connectivity index (χ0n) is 12.8. The summed E-state index contributed by atoms with van der Waals surface area (Å²) in [6, 6.07) is 4.15. The molecule has 0 atom stereocenters. The average molecular weight is 320 g/mol. The first-order valence-electron chi connectivity index (χ1n) is 6.69. The first-order valence-corrected chi connectivity index (χ1v) is 6.69. The molecule has 0 aliphatic heterocycles. The Bertz CT molecular complexity index is 745. The Morgan fingerprint density at radius 2 is 2.00 bits per heavy atom. The van der Waals surface area contributed by atoms with Crippen LogP contribution in [-0.4, -0.2) is 33.0 Å². The van der Waals surface area contributed by atoms with Crippen molar-refractivity contribution in [3.05, 3.63) is 30.0 Å². The molecule has 0 radical (unpaired) electrons. The van der Waals surface area contributed by atoms with Gasteiger partial charge in [0.2, 0.25) is 0 Å². The number of carbonyl (C=O) groups is 2. The maximum atomic E-state index is 11.7. The maximum absolute atomic E-state index is 11.7. The maximum Gasteiger partial charge on any atom is 0.412 e. The number of nitrogens with one attached hydrogen (secondary N) is 1. The number of carbonyl (C=O) groups excluding carboxylic acids is 1. The fourth-order valence-corrected chi connectivity index (χ4v) is 1.81. The summed E-state index contributed by atoms with van der Waals surface area (Å²) in [7, 11) is 0. The molecule has 1 amide bonds. The summed E-state index contributed by atoms with van der Waals surface area (Å²) in [5.74, 6) is -1.56. The van der Waals surface area contributed by atoms with Gasteiger partial charge in [-0.15, -0.1) is 0 Å². The topological polar surface area (TPSA) is 122 Å². The van der Waals surface area contributed by atoms with E-state index in [9.17, 15) is 14.7 Å². The number of phenols is 1. The molecule has 2 rings (SSSR count). The van der Waals surface area contributed by atoms with Gasteiger partial charge in [-0.1, -0.05) is 5.16 Å². The molecule has 0 fully saturated rings. The van der Waals surface area contributed by atoms with Crippen LogP contribution in [0.25, 0.3) is 11.3 Å². The molecule has 3 N–H and O–H groups in total. The normalized spacial score (nSPS) is 11.1. The summed E-state index contributed by atoms with van der Waals surface area (Å²) in [6.45, 7) is 5.18. The molecular weight excluding hydrogens is 304 g/mol. The Hall–Kier alpha value is -3.03. The predicted molar refractivity (Wildman–Crippen MR) is 80.4 cm³/mol. The van der Waals surface area contributed by atoms with Gasteiger partial charge >= 0.3 is 12.1 Å². The molecule has 0 spiro atoms. The number of phenolic OH excluding ortho intramolecular Hbond substituents is 1. The van der Waals surface area contributed by atoms with Gasteiger partial charge in [-0.3, -0.25) is 5.32 Å². The van der Waals surface area contributed by atoms with Crippen molar-refractivity contribution in [3.8, 4) is 17.1 Å².